The highest BCUT2D eigenvalue weighted by molar-refractivity contribution is 6.31. The molecule has 0 radical (unpaired) electrons. The fourth-order valence-corrected chi connectivity index (χ4v) is 1.48. The molecule has 0 saturated heterocycles. The summed E-state index contributed by atoms with van der Waals surface area (Å²) >= 11 is 5.85. The van der Waals surface area contributed by atoms with E-state index in [1.165, 1.54) is 12.5 Å². The Balaban J connectivity index is 2.11. The molecule has 0 amide bonds. The Labute approximate surface area is 108 Å². The van der Waals surface area contributed by atoms with Gasteiger partial charge in [0.25, 0.3) is 0 Å². The molecule has 0 atom stereocenters. The Hall–Kier alpha value is -2.14. The van der Waals surface area contributed by atoms with Gasteiger partial charge in [-0.2, -0.15) is 0 Å². The number of nitrogens with zero attached hydrogens (tertiary/aromatic N) is 2. The number of carbonyl (C=O) groups is 1. The van der Waals surface area contributed by atoms with E-state index >= 15 is 0 Å². The van der Waals surface area contributed by atoms with Gasteiger partial charge < -0.3 is 9.84 Å². The minimum absolute atomic E-state index is 0.0193. The second-order valence-electron chi connectivity index (χ2n) is 3.49. The second kappa shape index (κ2) is 5.46. The van der Waals surface area contributed by atoms with Crippen molar-refractivity contribution in [1.82, 2.24) is 9.97 Å². The zero-order valence-corrected chi connectivity index (χ0v) is 9.96. The molecule has 0 aliphatic heterocycles. The summed E-state index contributed by atoms with van der Waals surface area (Å²) in [6.45, 7) is 0. The molecule has 0 fully saturated rings. The van der Waals surface area contributed by atoms with E-state index in [1.807, 2.05) is 0 Å². The van der Waals surface area contributed by atoms with Crippen molar-refractivity contribution in [2.75, 3.05) is 0 Å². The molecule has 0 bridgehead atoms. The third-order valence-corrected chi connectivity index (χ3v) is 2.39. The van der Waals surface area contributed by atoms with Gasteiger partial charge in [-0.15, -0.1) is 0 Å². The number of halogens is 1. The van der Waals surface area contributed by atoms with E-state index in [0.29, 0.717) is 16.3 Å². The van der Waals surface area contributed by atoms with Gasteiger partial charge in [0.05, 0.1) is 12.6 Å². The lowest BCUT2D eigenvalue weighted by Gasteiger charge is -2.06. The lowest BCUT2D eigenvalue weighted by molar-refractivity contribution is -0.136. The molecule has 2 rings (SSSR count). The van der Waals surface area contributed by atoms with Gasteiger partial charge in [0.15, 0.2) is 0 Å². The maximum atomic E-state index is 10.5. The highest BCUT2D eigenvalue weighted by Crippen LogP contribution is 2.25. The maximum absolute atomic E-state index is 10.5. The van der Waals surface area contributed by atoms with Crippen molar-refractivity contribution < 1.29 is 14.6 Å². The van der Waals surface area contributed by atoms with Crippen LogP contribution < -0.4 is 4.74 Å². The van der Waals surface area contributed by atoms with Crippen molar-refractivity contribution in [2.45, 2.75) is 6.42 Å². The van der Waals surface area contributed by atoms with Crippen LogP contribution in [0, 0.1) is 0 Å². The smallest absolute Gasteiger partial charge is 0.307 e. The molecule has 0 saturated carbocycles. The summed E-state index contributed by atoms with van der Waals surface area (Å²) in [5.41, 5.74) is 0.698. The van der Waals surface area contributed by atoms with Gasteiger partial charge in [0.2, 0.25) is 5.88 Å². The van der Waals surface area contributed by atoms with Crippen LogP contribution in [0.1, 0.15) is 5.56 Å². The molecule has 1 aromatic carbocycles. The van der Waals surface area contributed by atoms with Crippen LogP contribution in [0.25, 0.3) is 0 Å². The molecular formula is C12H9ClN2O3. The minimum atomic E-state index is -0.873. The van der Waals surface area contributed by atoms with E-state index in [2.05, 4.69) is 9.97 Å². The van der Waals surface area contributed by atoms with Gasteiger partial charge in [-0.05, 0) is 17.7 Å². The van der Waals surface area contributed by atoms with Gasteiger partial charge in [-0.25, -0.2) is 9.97 Å². The normalized spacial score (nSPS) is 10.1. The molecule has 18 heavy (non-hydrogen) atoms. The molecule has 92 valence electrons. The van der Waals surface area contributed by atoms with Crippen LogP contribution in [-0.4, -0.2) is 21.0 Å². The lowest BCUT2D eigenvalue weighted by Crippen LogP contribution is -1.99. The SMILES string of the molecule is O=C(O)Cc1ccc(Oc2ncncc2Cl)cc1. The number of aromatic nitrogens is 2. The zero-order chi connectivity index (χ0) is 13.0. The first-order valence-electron chi connectivity index (χ1n) is 5.09. The molecule has 1 heterocycles. The van der Waals surface area contributed by atoms with E-state index in [4.69, 9.17) is 21.4 Å². The zero-order valence-electron chi connectivity index (χ0n) is 9.21. The van der Waals surface area contributed by atoms with E-state index in [-0.39, 0.29) is 12.3 Å². The van der Waals surface area contributed by atoms with E-state index in [9.17, 15) is 4.79 Å². The number of rotatable bonds is 4. The van der Waals surface area contributed by atoms with Crippen LogP contribution in [0.2, 0.25) is 5.02 Å². The quantitative estimate of drug-likeness (QED) is 0.919. The average Bonchev–Trinajstić information content (AvgIpc) is 2.34. The van der Waals surface area contributed by atoms with Crippen molar-refractivity contribution in [1.29, 1.82) is 0 Å². The summed E-state index contributed by atoms with van der Waals surface area (Å²) in [5.74, 6) is -0.0788. The standard InChI is InChI=1S/C12H9ClN2O3/c13-10-6-14-7-15-12(10)18-9-3-1-8(2-4-9)5-11(16)17/h1-4,6-7H,5H2,(H,16,17). The molecule has 0 spiro atoms. The van der Waals surface area contributed by atoms with Crippen molar-refractivity contribution in [3.63, 3.8) is 0 Å². The summed E-state index contributed by atoms with van der Waals surface area (Å²) in [6, 6.07) is 6.69. The van der Waals surface area contributed by atoms with Crippen molar-refractivity contribution in [3.8, 4) is 11.6 Å². The number of carboxylic acids is 1. The lowest BCUT2D eigenvalue weighted by atomic mass is 10.1. The Bertz CT molecular complexity index is 558. The van der Waals surface area contributed by atoms with Crippen LogP contribution >= 0.6 is 11.6 Å². The van der Waals surface area contributed by atoms with E-state index in [1.54, 1.807) is 24.3 Å². The predicted octanol–water partition coefficient (Wildman–Crippen LogP) is 2.55. The van der Waals surface area contributed by atoms with Crippen LogP contribution in [0.5, 0.6) is 11.6 Å². The van der Waals surface area contributed by atoms with Crippen LogP contribution in [-0.2, 0) is 11.2 Å². The van der Waals surface area contributed by atoms with Crippen LogP contribution in [0.15, 0.2) is 36.8 Å². The number of aliphatic carboxylic acids is 1. The molecular weight excluding hydrogens is 256 g/mol. The number of hydrogen-bond donors (Lipinski definition) is 1. The third kappa shape index (κ3) is 3.18. The third-order valence-electron chi connectivity index (χ3n) is 2.13. The van der Waals surface area contributed by atoms with E-state index < -0.39 is 5.97 Å². The average molecular weight is 265 g/mol. The molecule has 0 aliphatic carbocycles. The first kappa shape index (κ1) is 12.3. The van der Waals surface area contributed by atoms with Gasteiger partial charge >= 0.3 is 5.97 Å². The number of ether oxygens (including phenoxy) is 1. The van der Waals surface area contributed by atoms with Crippen LogP contribution in [0.3, 0.4) is 0 Å². The molecule has 0 unspecified atom stereocenters. The summed E-state index contributed by atoms with van der Waals surface area (Å²) in [5, 5.41) is 8.95. The molecule has 5 nitrogen and oxygen atoms in total. The van der Waals surface area contributed by atoms with Crippen LogP contribution in [0.4, 0.5) is 0 Å². The Morgan fingerprint density at radius 3 is 2.67 bits per heavy atom. The summed E-state index contributed by atoms with van der Waals surface area (Å²) < 4.78 is 5.44. The van der Waals surface area contributed by atoms with Crippen molar-refractivity contribution >= 4 is 17.6 Å². The van der Waals surface area contributed by atoms with Crippen molar-refractivity contribution in [3.05, 3.63) is 47.4 Å². The maximum Gasteiger partial charge on any atom is 0.307 e. The highest BCUT2D eigenvalue weighted by Gasteiger charge is 2.05. The fraction of sp³-hybridized carbons (Fsp3) is 0.0833. The van der Waals surface area contributed by atoms with E-state index in [0.717, 1.165) is 0 Å². The topological polar surface area (TPSA) is 72.3 Å². The number of benzene rings is 1. The molecule has 1 aromatic heterocycles. The Kier molecular flexibility index (Phi) is 3.74. The first-order chi connectivity index (χ1) is 8.65. The summed E-state index contributed by atoms with van der Waals surface area (Å²) in [7, 11) is 0. The highest BCUT2D eigenvalue weighted by atomic mass is 35.5. The Morgan fingerprint density at radius 1 is 1.33 bits per heavy atom. The first-order valence-corrected chi connectivity index (χ1v) is 5.47. The predicted molar refractivity (Wildman–Crippen MR) is 64.9 cm³/mol. The van der Waals surface area contributed by atoms with Gasteiger partial charge in [0, 0.05) is 0 Å². The van der Waals surface area contributed by atoms with Crippen molar-refractivity contribution in [2.24, 2.45) is 0 Å². The number of hydrogen-bond acceptors (Lipinski definition) is 4. The molecule has 1 N–H and O–H groups in total. The molecule has 0 aliphatic rings. The summed E-state index contributed by atoms with van der Waals surface area (Å²) in [6.07, 6.45) is 2.75. The van der Waals surface area contributed by atoms with Gasteiger partial charge in [-0.1, -0.05) is 23.7 Å². The summed E-state index contributed by atoms with van der Waals surface area (Å²) in [4.78, 5) is 18.2. The molecule has 2 aromatic rings. The van der Waals surface area contributed by atoms with Gasteiger partial charge in [-0.3, -0.25) is 4.79 Å². The Morgan fingerprint density at radius 2 is 2.06 bits per heavy atom. The fourth-order valence-electron chi connectivity index (χ4n) is 1.34. The minimum Gasteiger partial charge on any atom is -0.481 e. The van der Waals surface area contributed by atoms with Gasteiger partial charge in [0.1, 0.15) is 17.1 Å². The number of carboxylic acid groups (broad SMARTS) is 1. The monoisotopic (exact) mass is 264 g/mol. The molecule has 6 heteroatoms. The largest absolute Gasteiger partial charge is 0.481 e. The second-order valence-corrected chi connectivity index (χ2v) is 3.90.